The average molecular weight is 470 g/mol. The van der Waals surface area contributed by atoms with Gasteiger partial charge in [0.05, 0.1) is 25.3 Å². The van der Waals surface area contributed by atoms with Gasteiger partial charge in [0.15, 0.2) is 0 Å². The smallest absolute Gasteiger partial charge is 0.148 e. The minimum absolute atomic E-state index is 0.239. The zero-order valence-corrected chi connectivity index (χ0v) is 20.3. The second-order valence-corrected chi connectivity index (χ2v) is 10.1. The molecule has 2 unspecified atom stereocenters. The number of β-amino-alcohol motifs (C(OH)–C–C–N with tert-alkyl or cyclic N) is 1. The molecular weight excluding hydrogens is 434 g/mol. The fourth-order valence-electron chi connectivity index (χ4n) is 5.30. The number of fused-ring (bicyclic) bond motifs is 1. The summed E-state index contributed by atoms with van der Waals surface area (Å²) in [6.07, 6.45) is 4.33. The summed E-state index contributed by atoms with van der Waals surface area (Å²) in [6, 6.07) is 8.86. The molecule has 0 bridgehead atoms. The number of benzene rings is 1. The molecule has 1 aromatic carbocycles. The molecule has 2 aliphatic rings. The molecular formula is C25H35N5O2S. The number of aromatic nitrogens is 3. The van der Waals surface area contributed by atoms with Gasteiger partial charge in [-0.15, -0.1) is 0 Å². The lowest BCUT2D eigenvalue weighted by atomic mass is 9.87. The van der Waals surface area contributed by atoms with E-state index in [-0.39, 0.29) is 12.5 Å². The van der Waals surface area contributed by atoms with E-state index in [9.17, 15) is 0 Å². The maximum atomic E-state index is 9.14. The molecule has 4 heterocycles. The highest BCUT2D eigenvalue weighted by Gasteiger charge is 2.31. The van der Waals surface area contributed by atoms with Crippen LogP contribution in [0, 0.1) is 5.92 Å². The summed E-state index contributed by atoms with van der Waals surface area (Å²) in [7, 11) is 0. The molecule has 0 saturated carbocycles. The number of nitrogens with zero attached hydrogens (tertiary/aromatic N) is 5. The van der Waals surface area contributed by atoms with E-state index in [2.05, 4.69) is 51.8 Å². The summed E-state index contributed by atoms with van der Waals surface area (Å²) in [5.41, 5.74) is 2.78. The SMILES string of the molecule is CCc1cccc2ccn(CC3CCOCC3c3nsc(CN4CCN(CCO)CC4)n3)c12. The lowest BCUT2D eigenvalue weighted by Crippen LogP contribution is -2.46. The summed E-state index contributed by atoms with van der Waals surface area (Å²) in [4.78, 5) is 9.75. The van der Waals surface area contributed by atoms with E-state index >= 15 is 0 Å². The number of rotatable bonds is 8. The molecule has 0 aliphatic carbocycles. The summed E-state index contributed by atoms with van der Waals surface area (Å²) >= 11 is 1.55. The summed E-state index contributed by atoms with van der Waals surface area (Å²) in [6.45, 7) is 10.7. The maximum Gasteiger partial charge on any atom is 0.148 e. The Labute approximate surface area is 200 Å². The minimum atomic E-state index is 0.239. The summed E-state index contributed by atoms with van der Waals surface area (Å²) in [5, 5.41) is 11.6. The third-order valence-corrected chi connectivity index (χ3v) is 7.95. The Morgan fingerprint density at radius 2 is 2.00 bits per heavy atom. The zero-order valence-electron chi connectivity index (χ0n) is 19.5. The molecule has 8 heteroatoms. The molecule has 0 amide bonds. The van der Waals surface area contributed by atoms with Crippen LogP contribution in [-0.2, 0) is 24.2 Å². The van der Waals surface area contributed by atoms with E-state index < -0.39 is 0 Å². The van der Waals surface area contributed by atoms with Crippen molar-refractivity contribution in [3.05, 3.63) is 46.9 Å². The first-order valence-corrected chi connectivity index (χ1v) is 13.0. The van der Waals surface area contributed by atoms with E-state index in [1.807, 2.05) is 0 Å². The first kappa shape index (κ1) is 22.9. The van der Waals surface area contributed by atoms with Crippen LogP contribution in [0.4, 0.5) is 0 Å². The number of aryl methyl sites for hydroxylation is 1. The molecule has 7 nitrogen and oxygen atoms in total. The van der Waals surface area contributed by atoms with Crippen LogP contribution in [0.3, 0.4) is 0 Å². The molecule has 1 N–H and O–H groups in total. The van der Waals surface area contributed by atoms with Crippen molar-refractivity contribution in [2.24, 2.45) is 5.92 Å². The number of aliphatic hydroxyl groups excluding tert-OH is 1. The van der Waals surface area contributed by atoms with Crippen LogP contribution in [0.15, 0.2) is 30.5 Å². The largest absolute Gasteiger partial charge is 0.395 e. The van der Waals surface area contributed by atoms with Gasteiger partial charge >= 0.3 is 0 Å². The van der Waals surface area contributed by atoms with Crippen molar-refractivity contribution in [2.75, 3.05) is 52.5 Å². The molecule has 0 radical (unpaired) electrons. The second kappa shape index (κ2) is 10.6. The van der Waals surface area contributed by atoms with Gasteiger partial charge in [-0.1, -0.05) is 25.1 Å². The quantitative estimate of drug-likeness (QED) is 0.547. The molecule has 2 saturated heterocycles. The Morgan fingerprint density at radius 1 is 1.15 bits per heavy atom. The van der Waals surface area contributed by atoms with Crippen LogP contribution in [0.2, 0.25) is 0 Å². The van der Waals surface area contributed by atoms with E-state index in [4.69, 9.17) is 19.2 Å². The van der Waals surface area contributed by atoms with E-state index in [0.717, 1.165) is 76.1 Å². The van der Waals surface area contributed by atoms with Crippen LogP contribution in [0.1, 0.15) is 35.7 Å². The molecule has 2 fully saturated rings. The van der Waals surface area contributed by atoms with Crippen LogP contribution in [0.5, 0.6) is 0 Å². The zero-order chi connectivity index (χ0) is 22.6. The number of para-hydroxylation sites is 1. The third-order valence-electron chi connectivity index (χ3n) is 7.24. The maximum absolute atomic E-state index is 9.14. The normalized spacial score (nSPS) is 22.8. The molecule has 2 atom stereocenters. The van der Waals surface area contributed by atoms with Gasteiger partial charge < -0.3 is 14.4 Å². The predicted octanol–water partition coefficient (Wildman–Crippen LogP) is 2.99. The van der Waals surface area contributed by atoms with Crippen molar-refractivity contribution in [3.8, 4) is 0 Å². The summed E-state index contributed by atoms with van der Waals surface area (Å²) < 4.78 is 13.1. The fraction of sp³-hybridized carbons (Fsp3) is 0.600. The van der Waals surface area contributed by atoms with Gasteiger partial charge in [0, 0.05) is 58.0 Å². The van der Waals surface area contributed by atoms with E-state index in [0.29, 0.717) is 12.5 Å². The molecule has 2 aliphatic heterocycles. The fourth-order valence-corrected chi connectivity index (χ4v) is 6.05. The van der Waals surface area contributed by atoms with Gasteiger partial charge in [-0.2, -0.15) is 4.37 Å². The number of ether oxygens (including phenoxy) is 1. The highest BCUT2D eigenvalue weighted by atomic mass is 32.1. The van der Waals surface area contributed by atoms with Crippen molar-refractivity contribution in [2.45, 2.75) is 38.8 Å². The Bertz CT molecular complexity index is 1040. The standard InChI is InChI=1S/C25H35N5O2S/c1-2-19-4-3-5-20-6-8-30(24(19)20)16-21-7-15-32-18-22(21)25-26-23(33-27-25)17-29-11-9-28(10-12-29)13-14-31/h3-6,8,21-22,31H,2,7,9-18H2,1H3. The third kappa shape index (κ3) is 5.15. The van der Waals surface area contributed by atoms with Crippen LogP contribution in [-0.4, -0.2) is 81.4 Å². The van der Waals surface area contributed by atoms with Gasteiger partial charge in [0.25, 0.3) is 0 Å². The van der Waals surface area contributed by atoms with E-state index in [1.165, 1.54) is 16.5 Å². The highest BCUT2D eigenvalue weighted by molar-refractivity contribution is 7.05. The molecule has 0 spiro atoms. The second-order valence-electron chi connectivity index (χ2n) is 9.29. The number of hydrogen-bond donors (Lipinski definition) is 1. The lowest BCUT2D eigenvalue weighted by molar-refractivity contribution is 0.0393. The average Bonchev–Trinajstić information content (AvgIpc) is 3.48. The first-order chi connectivity index (χ1) is 16.2. The van der Waals surface area contributed by atoms with Crippen molar-refractivity contribution < 1.29 is 9.84 Å². The van der Waals surface area contributed by atoms with Crippen LogP contribution < -0.4 is 0 Å². The minimum Gasteiger partial charge on any atom is -0.395 e. The van der Waals surface area contributed by atoms with Crippen molar-refractivity contribution >= 4 is 22.4 Å². The van der Waals surface area contributed by atoms with E-state index in [1.54, 1.807) is 11.5 Å². The van der Waals surface area contributed by atoms with Crippen LogP contribution in [0.25, 0.3) is 10.9 Å². The number of aliphatic hydroxyl groups is 1. The van der Waals surface area contributed by atoms with Crippen molar-refractivity contribution in [1.82, 2.24) is 23.7 Å². The molecule has 2 aromatic heterocycles. The lowest BCUT2D eigenvalue weighted by Gasteiger charge is -2.33. The Hall–Kier alpha value is -1.84. The van der Waals surface area contributed by atoms with Crippen molar-refractivity contribution in [1.29, 1.82) is 0 Å². The number of hydrogen-bond acceptors (Lipinski definition) is 7. The molecule has 33 heavy (non-hydrogen) atoms. The number of piperazine rings is 1. The Balaban J connectivity index is 1.27. The molecule has 5 rings (SSSR count). The summed E-state index contributed by atoms with van der Waals surface area (Å²) in [5.74, 6) is 1.69. The van der Waals surface area contributed by atoms with Crippen molar-refractivity contribution in [3.63, 3.8) is 0 Å². The predicted molar refractivity (Wildman–Crippen MR) is 132 cm³/mol. The Kier molecular flexibility index (Phi) is 7.37. The van der Waals surface area contributed by atoms with Gasteiger partial charge in [-0.05, 0) is 47.3 Å². The molecule has 178 valence electrons. The monoisotopic (exact) mass is 469 g/mol. The Morgan fingerprint density at radius 3 is 2.82 bits per heavy atom. The topological polar surface area (TPSA) is 66.7 Å². The van der Waals surface area contributed by atoms with Gasteiger partial charge in [0.1, 0.15) is 10.8 Å². The molecule has 3 aromatic rings. The van der Waals surface area contributed by atoms with Gasteiger partial charge in [-0.3, -0.25) is 9.80 Å². The first-order valence-electron chi connectivity index (χ1n) is 12.3. The highest BCUT2D eigenvalue weighted by Crippen LogP contribution is 2.33. The van der Waals surface area contributed by atoms with Crippen LogP contribution >= 0.6 is 11.5 Å². The van der Waals surface area contributed by atoms with Gasteiger partial charge in [0.2, 0.25) is 0 Å². The van der Waals surface area contributed by atoms with Gasteiger partial charge in [-0.25, -0.2) is 4.98 Å².